The number of nitrogens with one attached hydrogen (secondary N) is 1. The topological polar surface area (TPSA) is 67.3 Å². The number of amides is 1. The highest BCUT2D eigenvalue weighted by atomic mass is 35.5. The zero-order valence-corrected chi connectivity index (χ0v) is 14.7. The monoisotopic (exact) mass is 360 g/mol. The van der Waals surface area contributed by atoms with E-state index in [2.05, 4.69) is 20.2 Å². The second-order valence-corrected chi connectivity index (χ2v) is 7.12. The van der Waals surface area contributed by atoms with E-state index in [-0.39, 0.29) is 17.9 Å². The number of anilines is 1. The molecule has 6 nitrogen and oxygen atoms in total. The quantitative estimate of drug-likeness (QED) is 0.910. The minimum Gasteiger partial charge on any atom is -0.381 e. The van der Waals surface area contributed by atoms with E-state index in [4.69, 9.17) is 16.3 Å². The lowest BCUT2D eigenvalue weighted by molar-refractivity contribution is -0.125. The zero-order valence-electron chi connectivity index (χ0n) is 13.9. The molecule has 1 unspecified atom stereocenters. The van der Waals surface area contributed by atoms with Crippen molar-refractivity contribution in [3.63, 3.8) is 0 Å². The first-order valence-electron chi connectivity index (χ1n) is 8.74. The van der Waals surface area contributed by atoms with Crippen molar-refractivity contribution >= 4 is 34.4 Å². The number of nitrogens with zero attached hydrogens (tertiary/aromatic N) is 3. The SMILES string of the molecule is O=C(NC1CCOCC1)C1CCN(c2cnc3cc(Cl)ccc3n2)C1. The Bertz CT molecular complexity index is 779. The molecule has 1 atom stereocenters. The maximum absolute atomic E-state index is 12.5. The van der Waals surface area contributed by atoms with Crippen molar-refractivity contribution in [3.05, 3.63) is 29.4 Å². The average Bonchev–Trinajstić information content (AvgIpc) is 3.12. The van der Waals surface area contributed by atoms with E-state index >= 15 is 0 Å². The van der Waals surface area contributed by atoms with Gasteiger partial charge in [-0.05, 0) is 37.5 Å². The zero-order chi connectivity index (χ0) is 17.2. The van der Waals surface area contributed by atoms with Crippen LogP contribution in [0.3, 0.4) is 0 Å². The second kappa shape index (κ2) is 7.14. The number of halogens is 1. The summed E-state index contributed by atoms with van der Waals surface area (Å²) in [4.78, 5) is 23.8. The number of hydrogen-bond donors (Lipinski definition) is 1. The third kappa shape index (κ3) is 3.70. The van der Waals surface area contributed by atoms with Crippen LogP contribution in [-0.4, -0.2) is 48.2 Å². The van der Waals surface area contributed by atoms with Crippen LogP contribution in [0.15, 0.2) is 24.4 Å². The lowest BCUT2D eigenvalue weighted by Gasteiger charge is -2.24. The number of ether oxygens (including phenoxy) is 1. The molecule has 3 heterocycles. The Hall–Kier alpha value is -1.92. The standard InChI is InChI=1S/C18H21ClN4O2/c19-13-1-2-15-16(9-13)20-10-17(22-15)23-6-3-12(11-23)18(24)21-14-4-7-25-8-5-14/h1-2,9-10,12,14H,3-8,11H2,(H,21,24). The number of aromatic nitrogens is 2. The molecule has 0 radical (unpaired) electrons. The summed E-state index contributed by atoms with van der Waals surface area (Å²) in [7, 11) is 0. The normalized spacial score (nSPS) is 21.6. The molecule has 2 saturated heterocycles. The van der Waals surface area contributed by atoms with Gasteiger partial charge in [-0.15, -0.1) is 0 Å². The lowest BCUT2D eigenvalue weighted by atomic mass is 10.1. The molecular weight excluding hydrogens is 340 g/mol. The molecule has 1 N–H and O–H groups in total. The Kier molecular flexibility index (Phi) is 4.72. The number of rotatable bonds is 3. The molecule has 25 heavy (non-hydrogen) atoms. The molecule has 1 aromatic heterocycles. The van der Waals surface area contributed by atoms with Gasteiger partial charge in [0.15, 0.2) is 0 Å². The Morgan fingerprint density at radius 1 is 1.24 bits per heavy atom. The fourth-order valence-electron chi connectivity index (χ4n) is 3.47. The van der Waals surface area contributed by atoms with E-state index in [1.54, 1.807) is 6.20 Å². The third-order valence-corrected chi connectivity index (χ3v) is 5.18. The fraction of sp³-hybridized carbons (Fsp3) is 0.500. The van der Waals surface area contributed by atoms with Crippen molar-refractivity contribution in [3.8, 4) is 0 Å². The van der Waals surface area contributed by atoms with Crippen molar-refractivity contribution in [2.75, 3.05) is 31.2 Å². The number of fused-ring (bicyclic) bond motifs is 1. The highest BCUT2D eigenvalue weighted by Crippen LogP contribution is 2.25. The van der Waals surface area contributed by atoms with Crippen LogP contribution in [-0.2, 0) is 9.53 Å². The highest BCUT2D eigenvalue weighted by molar-refractivity contribution is 6.31. The first kappa shape index (κ1) is 16.5. The summed E-state index contributed by atoms with van der Waals surface area (Å²) in [6, 6.07) is 5.75. The van der Waals surface area contributed by atoms with Gasteiger partial charge in [0.05, 0.1) is 23.1 Å². The summed E-state index contributed by atoms with van der Waals surface area (Å²) < 4.78 is 5.34. The van der Waals surface area contributed by atoms with E-state index in [0.29, 0.717) is 11.6 Å². The summed E-state index contributed by atoms with van der Waals surface area (Å²) in [5.41, 5.74) is 1.60. The molecule has 1 amide bonds. The number of carbonyl (C=O) groups excluding carboxylic acids is 1. The van der Waals surface area contributed by atoms with Crippen LogP contribution in [0.2, 0.25) is 5.02 Å². The second-order valence-electron chi connectivity index (χ2n) is 6.69. The summed E-state index contributed by atoms with van der Waals surface area (Å²) >= 11 is 5.99. The van der Waals surface area contributed by atoms with Crippen LogP contribution < -0.4 is 10.2 Å². The molecule has 0 spiro atoms. The lowest BCUT2D eigenvalue weighted by Crippen LogP contribution is -2.42. The molecule has 132 valence electrons. The maximum Gasteiger partial charge on any atom is 0.225 e. The van der Waals surface area contributed by atoms with Gasteiger partial charge in [-0.2, -0.15) is 0 Å². The van der Waals surface area contributed by atoms with E-state index in [0.717, 1.165) is 55.9 Å². The summed E-state index contributed by atoms with van der Waals surface area (Å²) in [6.07, 6.45) is 4.41. The van der Waals surface area contributed by atoms with E-state index in [1.165, 1.54) is 0 Å². The molecule has 0 saturated carbocycles. The number of carbonyl (C=O) groups is 1. The molecule has 4 rings (SSSR count). The van der Waals surface area contributed by atoms with Gasteiger partial charge in [0.25, 0.3) is 0 Å². The van der Waals surface area contributed by atoms with Crippen LogP contribution >= 0.6 is 11.6 Å². The molecule has 2 aromatic rings. The Morgan fingerprint density at radius 2 is 2.08 bits per heavy atom. The van der Waals surface area contributed by atoms with Crippen molar-refractivity contribution < 1.29 is 9.53 Å². The Balaban J connectivity index is 1.41. The maximum atomic E-state index is 12.5. The van der Waals surface area contributed by atoms with Crippen LogP contribution in [0, 0.1) is 5.92 Å². The first-order chi connectivity index (χ1) is 12.2. The molecule has 0 aliphatic carbocycles. The molecule has 1 aromatic carbocycles. The van der Waals surface area contributed by atoms with Crippen molar-refractivity contribution in [1.29, 1.82) is 0 Å². The Labute approximate surface area is 151 Å². The first-order valence-corrected chi connectivity index (χ1v) is 9.12. The van der Waals surface area contributed by atoms with Gasteiger partial charge in [-0.1, -0.05) is 11.6 Å². The predicted octanol–water partition coefficient (Wildman–Crippen LogP) is 2.40. The summed E-state index contributed by atoms with van der Waals surface area (Å²) in [5, 5.41) is 3.83. The fourth-order valence-corrected chi connectivity index (χ4v) is 3.64. The van der Waals surface area contributed by atoms with Crippen molar-refractivity contribution in [2.45, 2.75) is 25.3 Å². The molecule has 2 aliphatic heterocycles. The van der Waals surface area contributed by atoms with Gasteiger partial charge >= 0.3 is 0 Å². The number of hydrogen-bond acceptors (Lipinski definition) is 5. The Morgan fingerprint density at radius 3 is 2.92 bits per heavy atom. The van der Waals surface area contributed by atoms with Gasteiger partial charge in [0, 0.05) is 37.4 Å². The van der Waals surface area contributed by atoms with Crippen LogP contribution in [0.1, 0.15) is 19.3 Å². The molecule has 7 heteroatoms. The molecule has 2 aliphatic rings. The van der Waals surface area contributed by atoms with Gasteiger partial charge in [-0.25, -0.2) is 4.98 Å². The van der Waals surface area contributed by atoms with Crippen molar-refractivity contribution in [1.82, 2.24) is 15.3 Å². The van der Waals surface area contributed by atoms with Crippen LogP contribution in [0.5, 0.6) is 0 Å². The van der Waals surface area contributed by atoms with Crippen molar-refractivity contribution in [2.24, 2.45) is 5.92 Å². The predicted molar refractivity (Wildman–Crippen MR) is 96.9 cm³/mol. The largest absolute Gasteiger partial charge is 0.381 e. The van der Waals surface area contributed by atoms with E-state index in [9.17, 15) is 4.79 Å². The average molecular weight is 361 g/mol. The van der Waals surface area contributed by atoms with E-state index < -0.39 is 0 Å². The molecule has 2 fully saturated rings. The summed E-state index contributed by atoms with van der Waals surface area (Å²) in [6.45, 7) is 2.97. The van der Waals surface area contributed by atoms with Crippen LogP contribution in [0.4, 0.5) is 5.82 Å². The van der Waals surface area contributed by atoms with Gasteiger partial charge in [-0.3, -0.25) is 9.78 Å². The minimum atomic E-state index is 0.00515. The van der Waals surface area contributed by atoms with Gasteiger partial charge in [0.2, 0.25) is 5.91 Å². The van der Waals surface area contributed by atoms with Gasteiger partial charge in [0.1, 0.15) is 5.82 Å². The summed E-state index contributed by atoms with van der Waals surface area (Å²) in [5.74, 6) is 0.969. The smallest absolute Gasteiger partial charge is 0.225 e. The highest BCUT2D eigenvalue weighted by Gasteiger charge is 2.30. The minimum absolute atomic E-state index is 0.00515. The molecule has 0 bridgehead atoms. The third-order valence-electron chi connectivity index (χ3n) is 4.94. The van der Waals surface area contributed by atoms with Crippen LogP contribution in [0.25, 0.3) is 11.0 Å². The van der Waals surface area contributed by atoms with Gasteiger partial charge < -0.3 is 15.0 Å². The molecular formula is C18H21ClN4O2. The number of benzene rings is 1. The van der Waals surface area contributed by atoms with E-state index in [1.807, 2.05) is 18.2 Å².